The monoisotopic (exact) mass is 344 g/mol. The number of fused-ring (bicyclic) bond motifs is 7. The van der Waals surface area contributed by atoms with Crippen LogP contribution in [0.1, 0.15) is 58.8 Å². The lowest BCUT2D eigenvalue weighted by atomic mass is 9.46. The highest BCUT2D eigenvalue weighted by atomic mass is 16.5. The van der Waals surface area contributed by atoms with Crippen LogP contribution < -0.4 is 0 Å². The number of ketones is 2. The maximum atomic E-state index is 12.5. The first-order valence-electron chi connectivity index (χ1n) is 9.92. The molecule has 0 aromatic carbocycles. The topological polar surface area (TPSA) is 63.6 Å². The molecular weight excluding hydrogens is 316 g/mol. The van der Waals surface area contributed by atoms with Crippen LogP contribution in [0.3, 0.4) is 0 Å². The zero-order valence-corrected chi connectivity index (χ0v) is 15.2. The van der Waals surface area contributed by atoms with Crippen LogP contribution in [0.25, 0.3) is 0 Å². The molecule has 0 aromatic rings. The Morgan fingerprint density at radius 1 is 1.12 bits per heavy atom. The summed E-state index contributed by atoms with van der Waals surface area (Å²) in [6, 6.07) is 0. The number of hydrogen-bond acceptors (Lipinski definition) is 4. The third-order valence-electron chi connectivity index (χ3n) is 9.00. The molecule has 0 radical (unpaired) electrons. The van der Waals surface area contributed by atoms with Crippen molar-refractivity contribution in [2.45, 2.75) is 70.5 Å². The molecule has 0 amide bonds. The van der Waals surface area contributed by atoms with E-state index in [4.69, 9.17) is 4.74 Å². The molecule has 4 aliphatic carbocycles. The molecule has 0 bridgehead atoms. The van der Waals surface area contributed by atoms with Crippen LogP contribution >= 0.6 is 0 Å². The third kappa shape index (κ3) is 1.76. The van der Waals surface area contributed by atoms with Gasteiger partial charge in [-0.3, -0.25) is 9.59 Å². The van der Waals surface area contributed by atoms with E-state index in [1.807, 2.05) is 6.08 Å². The van der Waals surface area contributed by atoms with Crippen LogP contribution in [0.2, 0.25) is 0 Å². The second-order valence-corrected chi connectivity index (χ2v) is 9.65. The summed E-state index contributed by atoms with van der Waals surface area (Å²) in [5.74, 6) is 1.62. The van der Waals surface area contributed by atoms with Crippen molar-refractivity contribution >= 4 is 11.6 Å². The highest BCUT2D eigenvalue weighted by Gasteiger charge is 2.72. The quantitative estimate of drug-likeness (QED) is 0.734. The van der Waals surface area contributed by atoms with E-state index in [2.05, 4.69) is 13.8 Å². The van der Waals surface area contributed by atoms with Crippen LogP contribution in [0.15, 0.2) is 11.6 Å². The van der Waals surface area contributed by atoms with Gasteiger partial charge in [-0.2, -0.15) is 0 Å². The number of aliphatic hydroxyl groups is 1. The Labute approximate surface area is 149 Å². The van der Waals surface area contributed by atoms with E-state index >= 15 is 0 Å². The van der Waals surface area contributed by atoms with Gasteiger partial charge in [0.1, 0.15) is 6.61 Å². The third-order valence-corrected chi connectivity index (χ3v) is 9.00. The lowest BCUT2D eigenvalue weighted by Gasteiger charge is -2.58. The zero-order chi connectivity index (χ0) is 17.6. The maximum Gasteiger partial charge on any atom is 0.193 e. The van der Waals surface area contributed by atoms with Gasteiger partial charge >= 0.3 is 0 Å². The summed E-state index contributed by atoms with van der Waals surface area (Å²) >= 11 is 0. The summed E-state index contributed by atoms with van der Waals surface area (Å²) < 4.78 is 5.72. The Morgan fingerprint density at radius 3 is 2.72 bits per heavy atom. The standard InChI is InChI=1S/C21H28O4/c1-19-7-5-13(22)9-12(19)3-4-14-15(19)6-8-20(2)16(14)10-18-21(20,24)17(23)11-25-18/h9,14-16,18,24H,3-8,10-11H2,1-2H3/t14-,15+,16+,18+,19-,20+,21-/m0/s1. The fourth-order valence-electron chi connectivity index (χ4n) is 7.53. The van der Waals surface area contributed by atoms with Gasteiger partial charge in [0, 0.05) is 11.8 Å². The molecule has 0 aromatic heterocycles. The Balaban J connectivity index is 1.53. The van der Waals surface area contributed by atoms with Gasteiger partial charge in [0.05, 0.1) is 6.10 Å². The number of carbonyl (C=O) groups excluding carboxylic acids is 2. The molecule has 5 rings (SSSR count). The first-order valence-corrected chi connectivity index (χ1v) is 9.92. The van der Waals surface area contributed by atoms with Gasteiger partial charge in [-0.25, -0.2) is 0 Å². The van der Waals surface area contributed by atoms with Gasteiger partial charge in [0.2, 0.25) is 0 Å². The second-order valence-electron chi connectivity index (χ2n) is 9.65. The van der Waals surface area contributed by atoms with Crippen molar-refractivity contribution in [2.75, 3.05) is 6.61 Å². The average molecular weight is 344 g/mol. The van der Waals surface area contributed by atoms with E-state index in [1.54, 1.807) is 0 Å². The number of allylic oxidation sites excluding steroid dienone is 1. The summed E-state index contributed by atoms with van der Waals surface area (Å²) in [6.07, 6.45) is 8.06. The largest absolute Gasteiger partial charge is 0.379 e. The van der Waals surface area contributed by atoms with E-state index in [-0.39, 0.29) is 35.1 Å². The molecule has 1 heterocycles. The summed E-state index contributed by atoms with van der Waals surface area (Å²) in [4.78, 5) is 24.4. The molecule has 4 heteroatoms. The van der Waals surface area contributed by atoms with Crippen molar-refractivity contribution in [2.24, 2.45) is 28.6 Å². The summed E-state index contributed by atoms with van der Waals surface area (Å²) in [5, 5.41) is 11.3. The fraction of sp³-hybridized carbons (Fsp3) is 0.810. The Morgan fingerprint density at radius 2 is 1.92 bits per heavy atom. The highest BCUT2D eigenvalue weighted by Crippen LogP contribution is 2.68. The number of ether oxygens (including phenoxy) is 1. The molecule has 25 heavy (non-hydrogen) atoms. The molecule has 0 spiro atoms. The number of Topliss-reactive ketones (excluding diaryl/α,β-unsaturated/α-hetero) is 1. The first-order chi connectivity index (χ1) is 11.8. The van der Waals surface area contributed by atoms with E-state index in [0.717, 1.165) is 38.5 Å². The lowest BCUT2D eigenvalue weighted by Crippen LogP contribution is -2.58. The fourth-order valence-corrected chi connectivity index (χ4v) is 7.53. The van der Waals surface area contributed by atoms with Gasteiger partial charge < -0.3 is 9.84 Å². The van der Waals surface area contributed by atoms with Crippen LogP contribution in [0, 0.1) is 28.6 Å². The molecule has 4 nitrogen and oxygen atoms in total. The van der Waals surface area contributed by atoms with Crippen molar-refractivity contribution in [3.05, 3.63) is 11.6 Å². The number of carbonyl (C=O) groups is 2. The van der Waals surface area contributed by atoms with Crippen LogP contribution in [0.5, 0.6) is 0 Å². The van der Waals surface area contributed by atoms with E-state index in [9.17, 15) is 14.7 Å². The Bertz CT molecular complexity index is 696. The molecule has 1 N–H and O–H groups in total. The first kappa shape index (κ1) is 16.2. The number of rotatable bonds is 0. The predicted molar refractivity (Wildman–Crippen MR) is 91.8 cm³/mol. The van der Waals surface area contributed by atoms with Crippen molar-refractivity contribution < 1.29 is 19.4 Å². The zero-order valence-electron chi connectivity index (χ0n) is 15.2. The lowest BCUT2D eigenvalue weighted by molar-refractivity contribution is -0.159. The molecule has 3 saturated carbocycles. The van der Waals surface area contributed by atoms with Crippen LogP contribution in [-0.2, 0) is 14.3 Å². The predicted octanol–water partition coefficient (Wildman–Crippen LogP) is 2.83. The molecule has 1 aliphatic heterocycles. The molecule has 0 unspecified atom stereocenters. The van der Waals surface area contributed by atoms with E-state index < -0.39 is 5.60 Å². The minimum atomic E-state index is -1.28. The Hall–Kier alpha value is -1.00. The smallest absolute Gasteiger partial charge is 0.193 e. The van der Waals surface area contributed by atoms with E-state index in [1.165, 1.54) is 5.57 Å². The summed E-state index contributed by atoms with van der Waals surface area (Å²) in [5.41, 5.74) is -0.141. The van der Waals surface area contributed by atoms with Crippen LogP contribution in [0.4, 0.5) is 0 Å². The van der Waals surface area contributed by atoms with Crippen molar-refractivity contribution in [1.82, 2.24) is 0 Å². The highest BCUT2D eigenvalue weighted by molar-refractivity contribution is 5.92. The van der Waals surface area contributed by atoms with Crippen molar-refractivity contribution in [3.8, 4) is 0 Å². The molecule has 4 fully saturated rings. The SMILES string of the molecule is C[C@]12CCC(=O)C=C1CC[C@H]1[C@H]2CC[C@]2(C)[C@@H]1C[C@H]1OCC(=O)[C@]12O. The molecule has 5 aliphatic rings. The van der Waals surface area contributed by atoms with Gasteiger partial charge in [0.15, 0.2) is 17.2 Å². The second kappa shape index (κ2) is 4.83. The molecule has 7 atom stereocenters. The normalized spacial score (nSPS) is 54.4. The average Bonchev–Trinajstić information content (AvgIpc) is 2.99. The maximum absolute atomic E-state index is 12.5. The molecular formula is C21H28O4. The minimum Gasteiger partial charge on any atom is -0.379 e. The summed E-state index contributed by atoms with van der Waals surface area (Å²) in [7, 11) is 0. The van der Waals surface area contributed by atoms with Crippen molar-refractivity contribution in [1.29, 1.82) is 0 Å². The van der Waals surface area contributed by atoms with Gasteiger partial charge in [0.25, 0.3) is 0 Å². The molecule has 136 valence electrons. The van der Waals surface area contributed by atoms with Gasteiger partial charge in [-0.15, -0.1) is 0 Å². The molecule has 1 saturated heterocycles. The number of hydrogen-bond donors (Lipinski definition) is 1. The Kier molecular flexibility index (Phi) is 3.13. The minimum absolute atomic E-state index is 0.0737. The van der Waals surface area contributed by atoms with Crippen molar-refractivity contribution in [3.63, 3.8) is 0 Å². The van der Waals surface area contributed by atoms with Crippen LogP contribution in [-0.4, -0.2) is 35.0 Å². The van der Waals surface area contributed by atoms with E-state index in [0.29, 0.717) is 24.2 Å². The van der Waals surface area contributed by atoms with Gasteiger partial charge in [-0.1, -0.05) is 19.4 Å². The van der Waals surface area contributed by atoms with Gasteiger partial charge in [-0.05, 0) is 67.8 Å². The summed E-state index contributed by atoms with van der Waals surface area (Å²) in [6.45, 7) is 4.57.